The van der Waals surface area contributed by atoms with Gasteiger partial charge in [-0.15, -0.1) is 0 Å². The van der Waals surface area contributed by atoms with Crippen LogP contribution in [0, 0.1) is 0 Å². The molecule has 0 bridgehead atoms. The largest absolute Gasteiger partial charge is 0.508 e. The van der Waals surface area contributed by atoms with Gasteiger partial charge in [-0.1, -0.05) is 0 Å². The molecule has 1 aromatic carbocycles. The van der Waals surface area contributed by atoms with Gasteiger partial charge in [-0.2, -0.15) is 0 Å². The summed E-state index contributed by atoms with van der Waals surface area (Å²) in [5, 5.41) is 18.9. The zero-order valence-corrected chi connectivity index (χ0v) is 11.3. The standard InChI is InChI=1S/C14H20N2O4/c15-5-8-20-11-3-6-16(7-4-11)14(19)12-2-1-10(17)9-13(12)18/h1-2,9,11,17-18H,3-8,15H2. The van der Waals surface area contributed by atoms with E-state index in [1.54, 1.807) is 4.90 Å². The molecular weight excluding hydrogens is 260 g/mol. The number of hydrogen-bond acceptors (Lipinski definition) is 5. The highest BCUT2D eigenvalue weighted by Gasteiger charge is 2.25. The fourth-order valence-corrected chi connectivity index (χ4v) is 2.33. The van der Waals surface area contributed by atoms with Crippen molar-refractivity contribution in [3.8, 4) is 11.5 Å². The van der Waals surface area contributed by atoms with E-state index in [4.69, 9.17) is 10.5 Å². The van der Waals surface area contributed by atoms with E-state index in [0.717, 1.165) is 12.8 Å². The lowest BCUT2D eigenvalue weighted by atomic mass is 10.1. The van der Waals surface area contributed by atoms with Crippen LogP contribution in [-0.2, 0) is 4.74 Å². The minimum Gasteiger partial charge on any atom is -0.508 e. The van der Waals surface area contributed by atoms with Gasteiger partial charge >= 0.3 is 0 Å². The van der Waals surface area contributed by atoms with E-state index in [1.807, 2.05) is 0 Å². The molecule has 6 nitrogen and oxygen atoms in total. The number of phenolic OH excluding ortho intramolecular Hbond substituents is 2. The Balaban J connectivity index is 1.94. The minimum atomic E-state index is -0.222. The van der Waals surface area contributed by atoms with Crippen LogP contribution in [0.1, 0.15) is 23.2 Å². The van der Waals surface area contributed by atoms with Crippen LogP contribution in [0.15, 0.2) is 18.2 Å². The molecule has 0 saturated carbocycles. The van der Waals surface area contributed by atoms with Crippen molar-refractivity contribution in [2.75, 3.05) is 26.2 Å². The monoisotopic (exact) mass is 280 g/mol. The third kappa shape index (κ3) is 3.40. The molecule has 0 aliphatic carbocycles. The third-order valence-corrected chi connectivity index (χ3v) is 3.41. The molecule has 2 rings (SSSR count). The topological polar surface area (TPSA) is 96.0 Å². The Labute approximate surface area is 117 Å². The second kappa shape index (κ2) is 6.58. The van der Waals surface area contributed by atoms with Gasteiger partial charge in [-0.3, -0.25) is 4.79 Å². The molecule has 0 spiro atoms. The van der Waals surface area contributed by atoms with Gasteiger partial charge in [0.15, 0.2) is 0 Å². The van der Waals surface area contributed by atoms with Crippen molar-refractivity contribution < 1.29 is 19.7 Å². The fraction of sp³-hybridized carbons (Fsp3) is 0.500. The van der Waals surface area contributed by atoms with Crippen LogP contribution < -0.4 is 5.73 Å². The number of likely N-dealkylation sites (tertiary alicyclic amines) is 1. The lowest BCUT2D eigenvalue weighted by Gasteiger charge is -2.32. The normalized spacial score (nSPS) is 16.4. The summed E-state index contributed by atoms with van der Waals surface area (Å²) >= 11 is 0. The van der Waals surface area contributed by atoms with Gasteiger partial charge in [-0.05, 0) is 25.0 Å². The van der Waals surface area contributed by atoms with Crippen LogP contribution in [0.2, 0.25) is 0 Å². The first-order chi connectivity index (χ1) is 9.61. The molecule has 1 fully saturated rings. The highest BCUT2D eigenvalue weighted by Crippen LogP contribution is 2.25. The van der Waals surface area contributed by atoms with Crippen molar-refractivity contribution in [2.24, 2.45) is 5.73 Å². The maximum Gasteiger partial charge on any atom is 0.257 e. The summed E-state index contributed by atoms with van der Waals surface area (Å²) in [7, 11) is 0. The molecule has 0 radical (unpaired) electrons. The van der Waals surface area contributed by atoms with Crippen LogP contribution in [0.3, 0.4) is 0 Å². The molecule has 110 valence electrons. The molecule has 0 aromatic heterocycles. The smallest absolute Gasteiger partial charge is 0.257 e. The molecule has 0 atom stereocenters. The maximum absolute atomic E-state index is 12.3. The number of ether oxygens (including phenoxy) is 1. The van der Waals surface area contributed by atoms with Crippen molar-refractivity contribution in [1.29, 1.82) is 0 Å². The summed E-state index contributed by atoms with van der Waals surface area (Å²) in [4.78, 5) is 14.0. The molecule has 1 aromatic rings. The van der Waals surface area contributed by atoms with Crippen LogP contribution in [0.4, 0.5) is 0 Å². The second-order valence-electron chi connectivity index (χ2n) is 4.85. The predicted molar refractivity (Wildman–Crippen MR) is 73.7 cm³/mol. The van der Waals surface area contributed by atoms with E-state index >= 15 is 0 Å². The molecule has 6 heteroatoms. The number of nitrogens with two attached hydrogens (primary N) is 1. The molecule has 1 aliphatic heterocycles. The minimum absolute atomic E-state index is 0.0621. The van der Waals surface area contributed by atoms with Gasteiger partial charge in [0.2, 0.25) is 0 Å². The number of carbonyl (C=O) groups is 1. The van der Waals surface area contributed by atoms with Crippen molar-refractivity contribution >= 4 is 5.91 Å². The highest BCUT2D eigenvalue weighted by molar-refractivity contribution is 5.97. The lowest BCUT2D eigenvalue weighted by molar-refractivity contribution is 0.0121. The van der Waals surface area contributed by atoms with Gasteiger partial charge < -0.3 is 25.6 Å². The van der Waals surface area contributed by atoms with Crippen LogP contribution >= 0.6 is 0 Å². The number of amides is 1. The zero-order chi connectivity index (χ0) is 14.5. The van der Waals surface area contributed by atoms with Crippen molar-refractivity contribution in [1.82, 2.24) is 4.90 Å². The zero-order valence-electron chi connectivity index (χ0n) is 11.3. The Kier molecular flexibility index (Phi) is 4.81. The third-order valence-electron chi connectivity index (χ3n) is 3.41. The number of phenols is 2. The van der Waals surface area contributed by atoms with Gasteiger partial charge in [0.05, 0.1) is 18.3 Å². The maximum atomic E-state index is 12.3. The van der Waals surface area contributed by atoms with Gasteiger partial charge in [0.25, 0.3) is 5.91 Å². The number of aromatic hydroxyl groups is 2. The Morgan fingerprint density at radius 1 is 1.35 bits per heavy atom. The van der Waals surface area contributed by atoms with E-state index in [2.05, 4.69) is 0 Å². The summed E-state index contributed by atoms with van der Waals surface area (Å²) in [6.45, 7) is 2.22. The first-order valence-electron chi connectivity index (χ1n) is 6.74. The van der Waals surface area contributed by atoms with Crippen LogP contribution in [0.25, 0.3) is 0 Å². The fourth-order valence-electron chi connectivity index (χ4n) is 2.33. The van der Waals surface area contributed by atoms with Crippen molar-refractivity contribution in [3.63, 3.8) is 0 Å². The highest BCUT2D eigenvalue weighted by atomic mass is 16.5. The lowest BCUT2D eigenvalue weighted by Crippen LogP contribution is -2.41. The van der Waals surface area contributed by atoms with E-state index < -0.39 is 0 Å². The summed E-state index contributed by atoms with van der Waals surface area (Å²) in [6.07, 6.45) is 1.69. The number of nitrogens with zero attached hydrogens (tertiary/aromatic N) is 1. The van der Waals surface area contributed by atoms with Crippen molar-refractivity contribution in [3.05, 3.63) is 23.8 Å². The SMILES string of the molecule is NCCOC1CCN(C(=O)c2ccc(O)cc2O)CC1. The molecule has 1 aliphatic rings. The van der Waals surface area contributed by atoms with E-state index in [0.29, 0.717) is 26.2 Å². The number of hydrogen-bond donors (Lipinski definition) is 3. The molecule has 0 unspecified atom stereocenters. The Morgan fingerprint density at radius 2 is 2.05 bits per heavy atom. The van der Waals surface area contributed by atoms with E-state index in [1.165, 1.54) is 18.2 Å². The van der Waals surface area contributed by atoms with Crippen molar-refractivity contribution in [2.45, 2.75) is 18.9 Å². The summed E-state index contributed by atoms with van der Waals surface area (Å²) in [6, 6.07) is 4.00. The van der Waals surface area contributed by atoms with Crippen LogP contribution in [0.5, 0.6) is 11.5 Å². The first kappa shape index (κ1) is 14.6. The second-order valence-corrected chi connectivity index (χ2v) is 4.85. The van der Waals surface area contributed by atoms with Gasteiger partial charge in [0, 0.05) is 25.7 Å². The summed E-state index contributed by atoms with van der Waals surface area (Å²) < 4.78 is 5.56. The van der Waals surface area contributed by atoms with Gasteiger partial charge in [-0.25, -0.2) is 0 Å². The molecule has 4 N–H and O–H groups in total. The Morgan fingerprint density at radius 3 is 2.65 bits per heavy atom. The number of benzene rings is 1. The van der Waals surface area contributed by atoms with E-state index in [9.17, 15) is 15.0 Å². The molecule has 1 amide bonds. The Hall–Kier alpha value is -1.79. The first-order valence-corrected chi connectivity index (χ1v) is 6.74. The summed E-state index contributed by atoms with van der Waals surface area (Å²) in [5.74, 6) is -0.482. The summed E-state index contributed by atoms with van der Waals surface area (Å²) in [5.41, 5.74) is 5.60. The number of carbonyl (C=O) groups excluding carboxylic acids is 1. The number of rotatable bonds is 4. The quantitative estimate of drug-likeness (QED) is 0.753. The predicted octanol–water partition coefficient (Wildman–Crippen LogP) is 0.678. The molecule has 20 heavy (non-hydrogen) atoms. The van der Waals surface area contributed by atoms with E-state index in [-0.39, 0.29) is 29.1 Å². The number of piperidine rings is 1. The van der Waals surface area contributed by atoms with Gasteiger partial charge in [0.1, 0.15) is 11.5 Å². The molecule has 1 heterocycles. The average Bonchev–Trinajstić information content (AvgIpc) is 2.45. The molecular formula is C14H20N2O4. The Bertz CT molecular complexity index is 470. The van der Waals surface area contributed by atoms with Crippen LogP contribution in [-0.4, -0.2) is 53.4 Å². The molecule has 1 saturated heterocycles. The average molecular weight is 280 g/mol.